The number of hydrogen-bond acceptors (Lipinski definition) is 9. The van der Waals surface area contributed by atoms with Gasteiger partial charge in [0.1, 0.15) is 12.7 Å². The van der Waals surface area contributed by atoms with E-state index in [1.807, 2.05) is 70.3 Å². The zero-order valence-corrected chi connectivity index (χ0v) is 28.2. The predicted molar refractivity (Wildman–Crippen MR) is 177 cm³/mol. The number of likely N-dealkylation sites (tertiary alicyclic amines) is 1. The van der Waals surface area contributed by atoms with Crippen molar-refractivity contribution in [1.82, 2.24) is 14.7 Å². The molecule has 0 saturated carbocycles. The fourth-order valence-corrected chi connectivity index (χ4v) is 6.40. The zero-order chi connectivity index (χ0) is 34.1. The first-order valence-corrected chi connectivity index (χ1v) is 16.9. The number of allylic oxidation sites excluding steroid dienone is 2. The minimum Gasteiger partial charge on any atom is -0.445 e. The number of aliphatic hydroxyl groups is 2. The maximum Gasteiger partial charge on any atom is 0.410 e. The molecule has 2 amide bonds. The summed E-state index contributed by atoms with van der Waals surface area (Å²) in [6.07, 6.45) is 4.48. The number of hydrogen-bond donors (Lipinski definition) is 2. The fourth-order valence-electron chi connectivity index (χ4n) is 6.40. The van der Waals surface area contributed by atoms with Crippen LogP contribution in [0.1, 0.15) is 64.0 Å². The Morgan fingerprint density at radius 1 is 0.894 bits per heavy atom. The van der Waals surface area contributed by atoms with Gasteiger partial charge in [0.25, 0.3) is 0 Å². The van der Waals surface area contributed by atoms with Gasteiger partial charge in [-0.1, -0.05) is 49.8 Å². The number of amides is 2. The number of ketones is 2. The Morgan fingerprint density at radius 3 is 2.28 bits per heavy atom. The van der Waals surface area contributed by atoms with E-state index in [1.165, 1.54) is 0 Å². The number of aliphatic hydroxyl groups excluding tert-OH is 2. The lowest BCUT2D eigenvalue weighted by molar-refractivity contribution is -0.140. The third-order valence-corrected chi connectivity index (χ3v) is 9.54. The molecule has 2 fully saturated rings. The highest BCUT2D eigenvalue weighted by Crippen LogP contribution is 2.29. The third-order valence-electron chi connectivity index (χ3n) is 9.54. The number of Topliss-reactive ketones (excluding diaryl/α,β-unsaturated/α-hetero) is 2. The molecule has 2 aliphatic heterocycles. The first-order valence-electron chi connectivity index (χ1n) is 16.9. The van der Waals surface area contributed by atoms with Crippen molar-refractivity contribution in [2.75, 3.05) is 46.3 Å². The summed E-state index contributed by atoms with van der Waals surface area (Å²) in [5.74, 6) is -2.46. The van der Waals surface area contributed by atoms with Crippen molar-refractivity contribution >= 4 is 29.8 Å². The van der Waals surface area contributed by atoms with Crippen molar-refractivity contribution in [2.45, 2.75) is 77.8 Å². The van der Waals surface area contributed by atoms with Crippen molar-refractivity contribution < 1.29 is 38.9 Å². The van der Waals surface area contributed by atoms with E-state index in [0.717, 1.165) is 24.2 Å². The average Bonchev–Trinajstić information content (AvgIpc) is 3.04. The van der Waals surface area contributed by atoms with E-state index in [-0.39, 0.29) is 31.1 Å². The molecule has 258 valence electrons. The molecule has 47 heavy (non-hydrogen) atoms. The predicted octanol–water partition coefficient (Wildman–Crippen LogP) is 4.06. The Hall–Kier alpha value is -3.54. The summed E-state index contributed by atoms with van der Waals surface area (Å²) in [7, 11) is 2.02. The van der Waals surface area contributed by atoms with E-state index in [0.29, 0.717) is 57.4 Å². The van der Waals surface area contributed by atoms with Gasteiger partial charge in [-0.25, -0.2) is 9.59 Å². The van der Waals surface area contributed by atoms with Crippen molar-refractivity contribution in [3.8, 4) is 0 Å². The SMILES string of the molecule is C/C(=C\c1cccc(COC(=O)N2CCC(O)CC2)c1)[C@H]1C(=O)C(=O)C[C@H](O)CC[C@H](C)[C@@H](OC(=O)N2CCN(C)CC2)/C=C/[C@@H]1C. The van der Waals surface area contributed by atoms with Crippen molar-refractivity contribution in [3.05, 3.63) is 53.1 Å². The van der Waals surface area contributed by atoms with Gasteiger partial charge in [0.2, 0.25) is 11.6 Å². The van der Waals surface area contributed by atoms with E-state index < -0.39 is 41.7 Å². The molecule has 1 aliphatic carbocycles. The molecule has 0 spiro atoms. The molecule has 0 bridgehead atoms. The minimum absolute atomic E-state index is 0.0723. The Labute approximate surface area is 278 Å². The summed E-state index contributed by atoms with van der Waals surface area (Å²) >= 11 is 0. The topological polar surface area (TPSA) is 137 Å². The Kier molecular flexibility index (Phi) is 13.2. The standard InChI is InChI=1S/C36H51N3O8/c1-24-8-10-30(41)22-31(42)34(43)33(25(2)9-11-32(24)47-36(45)39-18-16-37(4)17-19-39)26(3)20-27-6-5-7-28(21-27)23-46-35(44)38-14-12-29(40)13-15-38/h5-7,9,11,20-21,24-25,29-30,32-33,40-41H,8,10,12-19,22-23H2,1-4H3/b11-9+,26-20+/t24-,25-,30+,32-,33-/m0/s1. The fraction of sp³-hybridized carbons (Fsp3) is 0.611. The molecule has 5 atom stereocenters. The highest BCUT2D eigenvalue weighted by atomic mass is 16.6. The van der Waals surface area contributed by atoms with Crippen LogP contribution in [-0.4, -0.2) is 113 Å². The van der Waals surface area contributed by atoms with Gasteiger partial charge in [0.15, 0.2) is 0 Å². The number of carbonyl (C=O) groups is 4. The summed E-state index contributed by atoms with van der Waals surface area (Å²) in [5, 5.41) is 20.4. The van der Waals surface area contributed by atoms with Gasteiger partial charge >= 0.3 is 12.2 Å². The van der Waals surface area contributed by atoms with Crippen LogP contribution in [-0.2, 0) is 25.7 Å². The average molecular weight is 654 g/mol. The van der Waals surface area contributed by atoms with Crippen LogP contribution in [0.25, 0.3) is 6.08 Å². The summed E-state index contributed by atoms with van der Waals surface area (Å²) in [6.45, 7) is 9.35. The summed E-state index contributed by atoms with van der Waals surface area (Å²) in [4.78, 5) is 57.7. The molecule has 3 aliphatic rings. The molecule has 2 heterocycles. The van der Waals surface area contributed by atoms with E-state index in [1.54, 1.807) is 9.80 Å². The molecule has 11 heteroatoms. The molecular weight excluding hydrogens is 602 g/mol. The first kappa shape index (κ1) is 36.3. The monoisotopic (exact) mass is 653 g/mol. The van der Waals surface area contributed by atoms with Crippen LogP contribution in [0.4, 0.5) is 9.59 Å². The number of benzene rings is 1. The smallest absolute Gasteiger partial charge is 0.410 e. The van der Waals surface area contributed by atoms with E-state index in [4.69, 9.17) is 9.47 Å². The summed E-state index contributed by atoms with van der Waals surface area (Å²) in [6, 6.07) is 7.44. The minimum atomic E-state index is -0.971. The van der Waals surface area contributed by atoms with Crippen LogP contribution < -0.4 is 0 Å². The molecule has 2 N–H and O–H groups in total. The summed E-state index contributed by atoms with van der Waals surface area (Å²) in [5.41, 5.74) is 2.23. The van der Waals surface area contributed by atoms with Crippen LogP contribution in [0, 0.1) is 17.8 Å². The second kappa shape index (κ2) is 17.0. The molecular formula is C36H51N3O8. The number of ether oxygens (including phenoxy) is 2. The lowest BCUT2D eigenvalue weighted by Gasteiger charge is -2.33. The maximum absolute atomic E-state index is 13.6. The maximum atomic E-state index is 13.6. The number of piperidine rings is 1. The van der Waals surface area contributed by atoms with E-state index >= 15 is 0 Å². The van der Waals surface area contributed by atoms with Gasteiger partial charge < -0.3 is 34.4 Å². The van der Waals surface area contributed by atoms with E-state index in [2.05, 4.69) is 4.90 Å². The number of piperazine rings is 1. The molecule has 4 rings (SSSR count). The third kappa shape index (κ3) is 10.5. The Balaban J connectivity index is 1.50. The molecule has 0 unspecified atom stereocenters. The van der Waals surface area contributed by atoms with Gasteiger partial charge in [-0.3, -0.25) is 9.59 Å². The van der Waals surface area contributed by atoms with Gasteiger partial charge in [0, 0.05) is 45.7 Å². The van der Waals surface area contributed by atoms with Crippen LogP contribution >= 0.6 is 0 Å². The quantitative estimate of drug-likeness (QED) is 0.356. The number of carbonyl (C=O) groups excluding carboxylic acids is 4. The molecule has 2 saturated heterocycles. The highest BCUT2D eigenvalue weighted by molar-refractivity contribution is 6.38. The van der Waals surface area contributed by atoms with Gasteiger partial charge in [-0.05, 0) is 74.8 Å². The number of likely N-dealkylation sites (N-methyl/N-ethyl adjacent to an activating group) is 1. The number of nitrogens with zero attached hydrogens (tertiary/aromatic N) is 3. The molecule has 11 nitrogen and oxygen atoms in total. The van der Waals surface area contributed by atoms with Crippen LogP contribution in [0.15, 0.2) is 42.0 Å². The van der Waals surface area contributed by atoms with Crippen LogP contribution in [0.5, 0.6) is 0 Å². The largest absolute Gasteiger partial charge is 0.445 e. The van der Waals surface area contributed by atoms with Crippen LogP contribution in [0.3, 0.4) is 0 Å². The molecule has 1 aromatic carbocycles. The lowest BCUT2D eigenvalue weighted by Crippen LogP contribution is -2.48. The summed E-state index contributed by atoms with van der Waals surface area (Å²) < 4.78 is 11.5. The van der Waals surface area contributed by atoms with Crippen molar-refractivity contribution in [1.29, 1.82) is 0 Å². The highest BCUT2D eigenvalue weighted by Gasteiger charge is 2.33. The second-order valence-electron chi connectivity index (χ2n) is 13.5. The normalized spacial score (nSPS) is 28.3. The van der Waals surface area contributed by atoms with Crippen LogP contribution in [0.2, 0.25) is 0 Å². The van der Waals surface area contributed by atoms with Crippen molar-refractivity contribution in [3.63, 3.8) is 0 Å². The van der Waals surface area contributed by atoms with Gasteiger partial charge in [0.05, 0.1) is 18.1 Å². The zero-order valence-electron chi connectivity index (χ0n) is 28.2. The Morgan fingerprint density at radius 2 is 1.57 bits per heavy atom. The molecule has 0 aromatic heterocycles. The number of rotatable bonds is 5. The van der Waals surface area contributed by atoms with Gasteiger partial charge in [-0.2, -0.15) is 0 Å². The first-order chi connectivity index (χ1) is 22.4. The van der Waals surface area contributed by atoms with E-state index in [9.17, 15) is 29.4 Å². The Bertz CT molecular complexity index is 1310. The molecule has 0 radical (unpaired) electrons. The molecule has 1 aromatic rings. The van der Waals surface area contributed by atoms with Crippen molar-refractivity contribution in [2.24, 2.45) is 17.8 Å². The second-order valence-corrected chi connectivity index (χ2v) is 13.5. The lowest BCUT2D eigenvalue weighted by atomic mass is 9.79. The van der Waals surface area contributed by atoms with Gasteiger partial charge in [-0.15, -0.1) is 0 Å².